The van der Waals surface area contributed by atoms with Gasteiger partial charge in [-0.3, -0.25) is 4.79 Å². The van der Waals surface area contributed by atoms with Crippen LogP contribution in [0.2, 0.25) is 0 Å². The number of hydrogen-bond donors (Lipinski definition) is 3. The number of carbonyl (C=O) groups excluding carboxylic acids is 1. The van der Waals surface area contributed by atoms with Crippen LogP contribution in [0.4, 0.5) is 0 Å². The van der Waals surface area contributed by atoms with E-state index in [9.17, 15) is 15.0 Å². The molecule has 0 bridgehead atoms. The fourth-order valence-corrected chi connectivity index (χ4v) is 1.73. The third-order valence-electron chi connectivity index (χ3n) is 3.21. The van der Waals surface area contributed by atoms with E-state index in [1.54, 1.807) is 26.0 Å². The molecule has 0 fully saturated rings. The molecule has 0 aliphatic rings. The van der Waals surface area contributed by atoms with Gasteiger partial charge in [-0.1, -0.05) is 19.1 Å². The highest BCUT2D eigenvalue weighted by Crippen LogP contribution is 2.13. The van der Waals surface area contributed by atoms with Gasteiger partial charge in [-0.15, -0.1) is 0 Å². The largest absolute Gasteiger partial charge is 0.391 e. The maximum Gasteiger partial charge on any atom is 0.251 e. The van der Waals surface area contributed by atoms with Crippen molar-refractivity contribution in [2.75, 3.05) is 6.54 Å². The number of carbonyl (C=O) groups is 1. The highest BCUT2D eigenvalue weighted by Gasteiger charge is 2.12. The number of benzene rings is 1. The molecular weight excluding hydrogens is 254 g/mol. The van der Waals surface area contributed by atoms with Crippen molar-refractivity contribution in [3.63, 3.8) is 0 Å². The highest BCUT2D eigenvalue weighted by atomic mass is 16.3. The Morgan fingerprint density at radius 1 is 1.30 bits per heavy atom. The van der Waals surface area contributed by atoms with Crippen molar-refractivity contribution >= 4 is 5.91 Å². The SMILES string of the molecule is CC[C@H](O)CNC(=O)c1ccc(CCC(C)(C)O)cc1. The second-order valence-corrected chi connectivity index (χ2v) is 5.78. The van der Waals surface area contributed by atoms with Gasteiger partial charge in [0.1, 0.15) is 0 Å². The van der Waals surface area contributed by atoms with E-state index >= 15 is 0 Å². The summed E-state index contributed by atoms with van der Waals surface area (Å²) in [6.45, 7) is 5.71. The number of aryl methyl sites for hydroxylation is 1. The molecule has 0 aliphatic carbocycles. The Morgan fingerprint density at radius 3 is 2.40 bits per heavy atom. The van der Waals surface area contributed by atoms with Gasteiger partial charge in [0.15, 0.2) is 0 Å². The van der Waals surface area contributed by atoms with Crippen LogP contribution in [0.5, 0.6) is 0 Å². The van der Waals surface area contributed by atoms with Crippen molar-refractivity contribution in [3.05, 3.63) is 35.4 Å². The minimum Gasteiger partial charge on any atom is -0.391 e. The van der Waals surface area contributed by atoms with E-state index in [0.29, 0.717) is 18.4 Å². The Balaban J connectivity index is 2.51. The van der Waals surface area contributed by atoms with Crippen LogP contribution >= 0.6 is 0 Å². The average Bonchev–Trinajstić information content (AvgIpc) is 2.41. The summed E-state index contributed by atoms with van der Waals surface area (Å²) in [5.41, 5.74) is 1.00. The molecule has 0 saturated carbocycles. The molecule has 4 heteroatoms. The summed E-state index contributed by atoms with van der Waals surface area (Å²) in [6.07, 6.45) is 1.59. The van der Waals surface area contributed by atoms with E-state index in [2.05, 4.69) is 5.32 Å². The second-order valence-electron chi connectivity index (χ2n) is 5.78. The number of rotatable bonds is 7. The predicted octanol–water partition coefficient (Wildman–Crippen LogP) is 1.89. The summed E-state index contributed by atoms with van der Waals surface area (Å²) in [7, 11) is 0. The van der Waals surface area contributed by atoms with Crippen LogP contribution in [0.15, 0.2) is 24.3 Å². The van der Waals surface area contributed by atoms with Crippen LogP contribution in [-0.2, 0) is 6.42 Å². The lowest BCUT2D eigenvalue weighted by Crippen LogP contribution is -2.31. The molecule has 0 heterocycles. The lowest BCUT2D eigenvalue weighted by Gasteiger charge is -2.16. The van der Waals surface area contributed by atoms with E-state index in [1.165, 1.54) is 0 Å². The standard InChI is InChI=1S/C16H25NO3/c1-4-14(18)11-17-15(19)13-7-5-12(6-8-13)9-10-16(2,3)20/h5-8,14,18,20H,4,9-11H2,1-3H3,(H,17,19)/t14-/m0/s1. The summed E-state index contributed by atoms with van der Waals surface area (Å²) in [5.74, 6) is -0.175. The Kier molecular flexibility index (Phi) is 6.17. The first-order valence-electron chi connectivity index (χ1n) is 7.09. The van der Waals surface area contributed by atoms with Crippen LogP contribution in [-0.4, -0.2) is 34.4 Å². The van der Waals surface area contributed by atoms with Gasteiger partial charge in [-0.2, -0.15) is 0 Å². The van der Waals surface area contributed by atoms with Crippen LogP contribution in [0.1, 0.15) is 49.5 Å². The van der Waals surface area contributed by atoms with Gasteiger partial charge in [-0.05, 0) is 50.8 Å². The summed E-state index contributed by atoms with van der Waals surface area (Å²) in [6, 6.07) is 7.34. The van der Waals surface area contributed by atoms with E-state index < -0.39 is 11.7 Å². The molecule has 1 amide bonds. The summed E-state index contributed by atoms with van der Waals surface area (Å²) in [5, 5.41) is 21.8. The molecule has 4 nitrogen and oxygen atoms in total. The van der Waals surface area contributed by atoms with Crippen molar-refractivity contribution < 1.29 is 15.0 Å². The third kappa shape index (κ3) is 6.17. The molecule has 0 aliphatic heterocycles. The van der Waals surface area contributed by atoms with Crippen molar-refractivity contribution in [3.8, 4) is 0 Å². The number of aliphatic hydroxyl groups is 2. The lowest BCUT2D eigenvalue weighted by molar-refractivity contribution is 0.0713. The molecule has 20 heavy (non-hydrogen) atoms. The summed E-state index contributed by atoms with van der Waals surface area (Å²) < 4.78 is 0. The molecule has 1 aromatic carbocycles. The monoisotopic (exact) mass is 279 g/mol. The van der Waals surface area contributed by atoms with E-state index in [4.69, 9.17) is 0 Å². The summed E-state index contributed by atoms with van der Waals surface area (Å²) >= 11 is 0. The zero-order chi connectivity index (χ0) is 15.2. The zero-order valence-corrected chi connectivity index (χ0v) is 12.5. The first-order chi connectivity index (χ1) is 9.31. The maximum absolute atomic E-state index is 11.8. The van der Waals surface area contributed by atoms with Gasteiger partial charge >= 0.3 is 0 Å². The summed E-state index contributed by atoms with van der Waals surface area (Å²) in [4.78, 5) is 11.8. The lowest BCUT2D eigenvalue weighted by atomic mass is 9.98. The average molecular weight is 279 g/mol. The molecule has 1 atom stereocenters. The van der Waals surface area contributed by atoms with Gasteiger partial charge in [0.2, 0.25) is 0 Å². The second kappa shape index (κ2) is 7.41. The minimum absolute atomic E-state index is 0.175. The molecule has 1 aromatic rings. The van der Waals surface area contributed by atoms with Crippen LogP contribution in [0.25, 0.3) is 0 Å². The third-order valence-corrected chi connectivity index (χ3v) is 3.21. The topological polar surface area (TPSA) is 69.6 Å². The Morgan fingerprint density at radius 2 is 1.90 bits per heavy atom. The fourth-order valence-electron chi connectivity index (χ4n) is 1.73. The van der Waals surface area contributed by atoms with Gasteiger partial charge in [0.25, 0.3) is 5.91 Å². The molecular formula is C16H25NO3. The van der Waals surface area contributed by atoms with Crippen molar-refractivity contribution in [2.24, 2.45) is 0 Å². The molecule has 0 radical (unpaired) electrons. The van der Waals surface area contributed by atoms with E-state index in [0.717, 1.165) is 12.0 Å². The van der Waals surface area contributed by atoms with Crippen LogP contribution in [0, 0.1) is 0 Å². The Bertz CT molecular complexity index is 420. The van der Waals surface area contributed by atoms with E-state index in [-0.39, 0.29) is 12.5 Å². The quantitative estimate of drug-likeness (QED) is 0.714. The Labute approximate surface area is 120 Å². The van der Waals surface area contributed by atoms with Crippen molar-refractivity contribution in [1.82, 2.24) is 5.32 Å². The normalized spacial score (nSPS) is 13.1. The zero-order valence-electron chi connectivity index (χ0n) is 12.5. The van der Waals surface area contributed by atoms with Crippen LogP contribution < -0.4 is 5.32 Å². The number of aliphatic hydroxyl groups excluding tert-OH is 1. The predicted molar refractivity (Wildman–Crippen MR) is 79.7 cm³/mol. The Hall–Kier alpha value is -1.39. The molecule has 0 saturated heterocycles. The van der Waals surface area contributed by atoms with Gasteiger partial charge in [0, 0.05) is 12.1 Å². The van der Waals surface area contributed by atoms with Gasteiger partial charge in [-0.25, -0.2) is 0 Å². The van der Waals surface area contributed by atoms with Gasteiger partial charge < -0.3 is 15.5 Å². The van der Waals surface area contributed by atoms with Crippen molar-refractivity contribution in [2.45, 2.75) is 51.7 Å². The molecule has 1 rings (SSSR count). The molecule has 3 N–H and O–H groups in total. The maximum atomic E-state index is 11.8. The molecule has 112 valence electrons. The highest BCUT2D eigenvalue weighted by molar-refractivity contribution is 5.94. The number of hydrogen-bond acceptors (Lipinski definition) is 3. The van der Waals surface area contributed by atoms with Crippen LogP contribution in [0.3, 0.4) is 0 Å². The molecule has 0 unspecified atom stereocenters. The van der Waals surface area contributed by atoms with E-state index in [1.807, 2.05) is 19.1 Å². The first-order valence-corrected chi connectivity index (χ1v) is 7.09. The smallest absolute Gasteiger partial charge is 0.251 e. The van der Waals surface area contributed by atoms with Crippen molar-refractivity contribution in [1.29, 1.82) is 0 Å². The number of nitrogens with one attached hydrogen (secondary N) is 1. The molecule has 0 spiro atoms. The van der Waals surface area contributed by atoms with Gasteiger partial charge in [0.05, 0.1) is 11.7 Å². The first kappa shape index (κ1) is 16.7. The minimum atomic E-state index is -0.674. The fraction of sp³-hybridized carbons (Fsp3) is 0.562. The number of amides is 1. The molecule has 0 aromatic heterocycles.